The van der Waals surface area contributed by atoms with Crippen LogP contribution in [0.5, 0.6) is 0 Å². The Kier molecular flexibility index (Phi) is 4.45. The van der Waals surface area contributed by atoms with Crippen LogP contribution < -0.4 is 5.32 Å². The average molecular weight is 289 g/mol. The summed E-state index contributed by atoms with van der Waals surface area (Å²) in [4.78, 5) is 12.5. The van der Waals surface area contributed by atoms with E-state index in [2.05, 4.69) is 15.5 Å². The quantitative estimate of drug-likeness (QED) is 0.918. The SMILES string of the molecule is CCn1nccc1C(C)NC(=O)c1c(C)nn(CC)c1C. The van der Waals surface area contributed by atoms with Gasteiger partial charge in [0.25, 0.3) is 5.91 Å². The van der Waals surface area contributed by atoms with Gasteiger partial charge in [-0.2, -0.15) is 10.2 Å². The molecule has 6 nitrogen and oxygen atoms in total. The number of carbonyl (C=O) groups excluding carboxylic acids is 1. The number of aryl methyl sites for hydroxylation is 3. The predicted octanol–water partition coefficient (Wildman–Crippen LogP) is 2.23. The Labute approximate surface area is 125 Å². The molecule has 0 aliphatic carbocycles. The van der Waals surface area contributed by atoms with Crippen LogP contribution in [0.15, 0.2) is 12.3 Å². The molecule has 0 saturated heterocycles. The van der Waals surface area contributed by atoms with Crippen LogP contribution in [0.4, 0.5) is 0 Å². The Balaban J connectivity index is 2.20. The van der Waals surface area contributed by atoms with E-state index in [1.54, 1.807) is 6.20 Å². The van der Waals surface area contributed by atoms with Crippen molar-refractivity contribution in [2.24, 2.45) is 0 Å². The van der Waals surface area contributed by atoms with Crippen LogP contribution in [0.1, 0.15) is 54.3 Å². The van der Waals surface area contributed by atoms with Crippen LogP contribution in [-0.2, 0) is 13.1 Å². The number of hydrogen-bond donors (Lipinski definition) is 1. The molecule has 0 aromatic carbocycles. The number of amides is 1. The minimum Gasteiger partial charge on any atom is -0.344 e. The first-order valence-corrected chi connectivity index (χ1v) is 7.36. The lowest BCUT2D eigenvalue weighted by atomic mass is 10.1. The monoisotopic (exact) mass is 289 g/mol. The molecule has 0 bridgehead atoms. The highest BCUT2D eigenvalue weighted by molar-refractivity contribution is 5.96. The zero-order valence-electron chi connectivity index (χ0n) is 13.3. The highest BCUT2D eigenvalue weighted by atomic mass is 16.1. The smallest absolute Gasteiger partial charge is 0.255 e. The Morgan fingerprint density at radius 1 is 1.29 bits per heavy atom. The first-order chi connectivity index (χ1) is 9.99. The third-order valence-electron chi connectivity index (χ3n) is 3.75. The van der Waals surface area contributed by atoms with Crippen molar-refractivity contribution in [2.75, 3.05) is 0 Å². The molecule has 21 heavy (non-hydrogen) atoms. The molecule has 0 saturated carbocycles. The summed E-state index contributed by atoms with van der Waals surface area (Å²) in [6, 6.07) is 1.84. The third kappa shape index (κ3) is 2.84. The number of hydrogen-bond acceptors (Lipinski definition) is 3. The zero-order chi connectivity index (χ0) is 15.6. The lowest BCUT2D eigenvalue weighted by Crippen LogP contribution is -2.29. The van der Waals surface area contributed by atoms with Gasteiger partial charge in [0, 0.05) is 25.0 Å². The Morgan fingerprint density at radius 3 is 2.52 bits per heavy atom. The van der Waals surface area contributed by atoms with E-state index in [1.165, 1.54) is 0 Å². The number of nitrogens with one attached hydrogen (secondary N) is 1. The fraction of sp³-hybridized carbons (Fsp3) is 0.533. The highest BCUT2D eigenvalue weighted by Crippen LogP contribution is 2.16. The van der Waals surface area contributed by atoms with Crippen LogP contribution in [0.25, 0.3) is 0 Å². The van der Waals surface area contributed by atoms with Crippen LogP contribution in [0, 0.1) is 13.8 Å². The Hall–Kier alpha value is -2.11. The van der Waals surface area contributed by atoms with E-state index < -0.39 is 0 Å². The largest absolute Gasteiger partial charge is 0.344 e. The summed E-state index contributed by atoms with van der Waals surface area (Å²) in [5.41, 5.74) is 3.35. The van der Waals surface area contributed by atoms with Gasteiger partial charge in [-0.3, -0.25) is 14.2 Å². The van der Waals surface area contributed by atoms with E-state index >= 15 is 0 Å². The van der Waals surface area contributed by atoms with Crippen molar-refractivity contribution in [2.45, 2.75) is 53.8 Å². The normalized spacial score (nSPS) is 12.4. The summed E-state index contributed by atoms with van der Waals surface area (Å²) < 4.78 is 3.74. The third-order valence-corrected chi connectivity index (χ3v) is 3.75. The van der Waals surface area contributed by atoms with Gasteiger partial charge in [0.05, 0.1) is 23.0 Å². The molecular weight excluding hydrogens is 266 g/mol. The second-order valence-corrected chi connectivity index (χ2v) is 5.13. The number of aromatic nitrogens is 4. The first-order valence-electron chi connectivity index (χ1n) is 7.36. The summed E-state index contributed by atoms with van der Waals surface area (Å²) in [5, 5.41) is 11.7. The number of carbonyl (C=O) groups is 1. The summed E-state index contributed by atoms with van der Waals surface area (Å²) in [5.74, 6) is -0.0824. The maximum atomic E-state index is 12.5. The average Bonchev–Trinajstić information content (AvgIpc) is 3.02. The van der Waals surface area contributed by atoms with Crippen LogP contribution in [-0.4, -0.2) is 25.5 Å². The van der Waals surface area contributed by atoms with Crippen LogP contribution >= 0.6 is 0 Å². The van der Waals surface area contributed by atoms with E-state index in [9.17, 15) is 4.79 Å². The molecule has 1 unspecified atom stereocenters. The van der Waals surface area contributed by atoms with Gasteiger partial charge in [-0.1, -0.05) is 0 Å². The number of nitrogens with zero attached hydrogens (tertiary/aromatic N) is 4. The molecule has 114 valence electrons. The first kappa shape index (κ1) is 15.3. The Bertz CT molecular complexity index is 641. The highest BCUT2D eigenvalue weighted by Gasteiger charge is 2.21. The van der Waals surface area contributed by atoms with Gasteiger partial charge in [0.2, 0.25) is 0 Å². The molecule has 0 radical (unpaired) electrons. The molecule has 0 fully saturated rings. The minimum atomic E-state index is -0.0938. The van der Waals surface area contributed by atoms with E-state index in [0.29, 0.717) is 5.56 Å². The molecule has 0 spiro atoms. The maximum Gasteiger partial charge on any atom is 0.255 e. The standard InChI is InChI=1S/C15H23N5O/c1-6-19-12(5)14(11(4)18-19)15(21)17-10(3)13-8-9-16-20(13)7-2/h8-10H,6-7H2,1-5H3,(H,17,21). The van der Waals surface area contributed by atoms with Gasteiger partial charge >= 0.3 is 0 Å². The zero-order valence-corrected chi connectivity index (χ0v) is 13.3. The molecule has 2 heterocycles. The maximum absolute atomic E-state index is 12.5. The molecule has 2 aromatic rings. The molecule has 1 atom stereocenters. The number of rotatable bonds is 5. The minimum absolute atomic E-state index is 0.0824. The van der Waals surface area contributed by atoms with Gasteiger partial charge in [0.15, 0.2) is 0 Å². The van der Waals surface area contributed by atoms with Gasteiger partial charge < -0.3 is 5.32 Å². The molecule has 1 amide bonds. The summed E-state index contributed by atoms with van der Waals surface area (Å²) in [7, 11) is 0. The molecule has 1 N–H and O–H groups in total. The van der Waals surface area contributed by atoms with Crippen molar-refractivity contribution < 1.29 is 4.79 Å². The Morgan fingerprint density at radius 2 is 1.95 bits per heavy atom. The summed E-state index contributed by atoms with van der Waals surface area (Å²) in [6.45, 7) is 11.4. The molecular formula is C15H23N5O. The molecule has 6 heteroatoms. The van der Waals surface area contributed by atoms with E-state index in [-0.39, 0.29) is 11.9 Å². The van der Waals surface area contributed by atoms with E-state index in [1.807, 2.05) is 50.0 Å². The lowest BCUT2D eigenvalue weighted by Gasteiger charge is -2.15. The van der Waals surface area contributed by atoms with Gasteiger partial charge in [0.1, 0.15) is 0 Å². The predicted molar refractivity (Wildman–Crippen MR) is 81.2 cm³/mol. The second-order valence-electron chi connectivity index (χ2n) is 5.13. The summed E-state index contributed by atoms with van der Waals surface area (Å²) >= 11 is 0. The van der Waals surface area contributed by atoms with Crippen molar-refractivity contribution in [3.63, 3.8) is 0 Å². The second kappa shape index (κ2) is 6.11. The van der Waals surface area contributed by atoms with Crippen LogP contribution in [0.3, 0.4) is 0 Å². The van der Waals surface area contributed by atoms with Gasteiger partial charge in [-0.15, -0.1) is 0 Å². The van der Waals surface area contributed by atoms with Crippen molar-refractivity contribution in [1.82, 2.24) is 24.9 Å². The van der Waals surface area contributed by atoms with Gasteiger partial charge in [-0.25, -0.2) is 0 Å². The van der Waals surface area contributed by atoms with Crippen molar-refractivity contribution in [3.8, 4) is 0 Å². The van der Waals surface area contributed by atoms with Crippen molar-refractivity contribution in [3.05, 3.63) is 34.9 Å². The van der Waals surface area contributed by atoms with E-state index in [0.717, 1.165) is 30.2 Å². The molecule has 2 rings (SSSR count). The lowest BCUT2D eigenvalue weighted by molar-refractivity contribution is 0.0937. The van der Waals surface area contributed by atoms with Crippen molar-refractivity contribution >= 4 is 5.91 Å². The fourth-order valence-corrected chi connectivity index (χ4v) is 2.65. The summed E-state index contributed by atoms with van der Waals surface area (Å²) in [6.07, 6.45) is 1.76. The van der Waals surface area contributed by atoms with Crippen molar-refractivity contribution in [1.29, 1.82) is 0 Å². The topological polar surface area (TPSA) is 64.7 Å². The fourth-order valence-electron chi connectivity index (χ4n) is 2.65. The molecule has 0 aliphatic rings. The van der Waals surface area contributed by atoms with Crippen LogP contribution in [0.2, 0.25) is 0 Å². The molecule has 0 aliphatic heterocycles. The van der Waals surface area contributed by atoms with E-state index in [4.69, 9.17) is 0 Å². The molecule has 2 aromatic heterocycles. The van der Waals surface area contributed by atoms with Gasteiger partial charge in [-0.05, 0) is 40.7 Å².